The Hall–Kier alpha value is -4.65. The number of hydrogen-bond donors (Lipinski definition) is 0. The summed E-state index contributed by atoms with van der Waals surface area (Å²) >= 11 is 0. The molecule has 2 aliphatic heterocycles. The summed E-state index contributed by atoms with van der Waals surface area (Å²) in [5.41, 5.74) is 5.17. The molecule has 10 heteroatoms. The Morgan fingerprint density at radius 1 is 0.609 bits per heavy atom. The minimum Gasteiger partial charge on any atom is -0.457 e. The van der Waals surface area contributed by atoms with Crippen LogP contribution in [0.5, 0.6) is 11.5 Å². The average Bonchev–Trinajstić information content (AvgIpc) is 3.76. The highest BCUT2D eigenvalue weighted by Gasteiger charge is 2.62. The van der Waals surface area contributed by atoms with Gasteiger partial charge in [-0.1, -0.05) is 139 Å². The van der Waals surface area contributed by atoms with Crippen molar-refractivity contribution < 1.29 is 28.0 Å². The van der Waals surface area contributed by atoms with Crippen LogP contribution in [0.15, 0.2) is 97.1 Å². The molecule has 2 saturated heterocycles. The molecule has 2 fully saturated rings. The maximum Gasteiger partial charge on any atom is 0.238 e. The van der Waals surface area contributed by atoms with Crippen molar-refractivity contribution in [1.82, 2.24) is 9.80 Å². The quantitative estimate of drug-likeness (QED) is 0.0610. The van der Waals surface area contributed by atoms with E-state index >= 15 is 9.59 Å². The molecule has 8 nitrogen and oxygen atoms in total. The third kappa shape index (κ3) is 10.5. The van der Waals surface area contributed by atoms with Crippen LogP contribution in [0.4, 0.5) is 0 Å². The molecule has 0 bridgehead atoms. The number of likely N-dealkylation sites (tertiary alicyclic amines) is 2. The Kier molecular flexibility index (Phi) is 15.6. The van der Waals surface area contributed by atoms with Crippen molar-refractivity contribution in [2.75, 3.05) is 6.54 Å². The standard InChI is InChI=1S/C59H80N2O6Si2/c1-13-57(6,14-2)35-19-37-68(9,10)67-69(11,12)38-20-36-60-52(62)40-50(54(60)63)49-39-51-53(48-22-18-17-21-47(48)49)56(65)61(55(51)64)59(8,16-4)58(7,15-3)44-29-33-46(34-30-44)66-45-31-27-43(28-32-45)42-25-23-41(5)24-26-42/h17-18,21-34,49-51,53H,13-16,19-20,35-40H2,1-12H3/t49?,50?,51?,53?,58-,59?/m1/s1. The summed E-state index contributed by atoms with van der Waals surface area (Å²) in [7, 11) is -3.93. The number of carbonyl (C=O) groups is 4. The van der Waals surface area contributed by atoms with Crippen LogP contribution in [0.2, 0.25) is 38.3 Å². The number of nitrogens with zero attached hydrogens (tertiary/aromatic N) is 2. The van der Waals surface area contributed by atoms with Gasteiger partial charge in [-0.25, -0.2) is 0 Å². The van der Waals surface area contributed by atoms with Gasteiger partial charge >= 0.3 is 0 Å². The monoisotopic (exact) mass is 969 g/mol. The lowest BCUT2D eigenvalue weighted by Gasteiger charge is -2.51. The highest BCUT2D eigenvalue weighted by atomic mass is 28.4. The fraction of sp³-hybridized carbons (Fsp3) is 0.525. The maximum absolute atomic E-state index is 15.1. The number of hydrogen-bond acceptors (Lipinski definition) is 6. The first kappa shape index (κ1) is 52.2. The summed E-state index contributed by atoms with van der Waals surface area (Å²) < 4.78 is 13.3. The molecular weight excluding hydrogens is 889 g/mol. The molecule has 3 aliphatic rings. The van der Waals surface area contributed by atoms with Crippen molar-refractivity contribution >= 4 is 40.3 Å². The van der Waals surface area contributed by atoms with E-state index in [1.807, 2.05) is 48.5 Å². The molecule has 0 aromatic heterocycles. The number of imide groups is 2. The summed E-state index contributed by atoms with van der Waals surface area (Å²) in [5.74, 6) is -1.40. The average molecular weight is 969 g/mol. The molecule has 4 amide bonds. The van der Waals surface area contributed by atoms with Gasteiger partial charge in [0.05, 0.1) is 23.3 Å². The molecule has 4 aromatic rings. The number of fused-ring (bicyclic) bond motifs is 3. The first-order chi connectivity index (χ1) is 32.6. The van der Waals surface area contributed by atoms with E-state index in [0.29, 0.717) is 37.0 Å². The van der Waals surface area contributed by atoms with Crippen LogP contribution in [-0.4, -0.2) is 62.1 Å². The summed E-state index contributed by atoms with van der Waals surface area (Å²) in [5, 5.41) is 0. The van der Waals surface area contributed by atoms with Crippen molar-refractivity contribution in [2.24, 2.45) is 17.3 Å². The number of aryl methyl sites for hydroxylation is 1. The topological polar surface area (TPSA) is 93.2 Å². The lowest BCUT2D eigenvalue weighted by atomic mass is 9.63. The van der Waals surface area contributed by atoms with Gasteiger partial charge in [0.25, 0.3) is 0 Å². The van der Waals surface area contributed by atoms with Crippen molar-refractivity contribution in [1.29, 1.82) is 0 Å². The molecule has 0 spiro atoms. The van der Waals surface area contributed by atoms with E-state index in [9.17, 15) is 9.59 Å². The Labute approximate surface area is 416 Å². The fourth-order valence-electron chi connectivity index (χ4n) is 12.2. The summed E-state index contributed by atoms with van der Waals surface area (Å²) in [6.45, 7) is 27.1. The van der Waals surface area contributed by atoms with Gasteiger partial charge in [-0.2, -0.15) is 0 Å². The zero-order chi connectivity index (χ0) is 50.1. The van der Waals surface area contributed by atoms with Crippen molar-refractivity contribution in [3.8, 4) is 22.6 Å². The predicted molar refractivity (Wildman–Crippen MR) is 284 cm³/mol. The molecule has 4 aromatic carbocycles. The second-order valence-corrected chi connectivity index (χ2v) is 31.5. The van der Waals surface area contributed by atoms with E-state index in [1.165, 1.54) is 36.1 Å². The van der Waals surface area contributed by atoms with Crippen LogP contribution in [0.25, 0.3) is 11.1 Å². The fourth-order valence-corrected chi connectivity index (χ4v) is 21.0. The van der Waals surface area contributed by atoms with E-state index in [-0.39, 0.29) is 36.0 Å². The molecule has 0 saturated carbocycles. The van der Waals surface area contributed by atoms with Crippen LogP contribution in [0, 0.1) is 24.2 Å². The summed E-state index contributed by atoms with van der Waals surface area (Å²) in [4.78, 5) is 61.4. The smallest absolute Gasteiger partial charge is 0.238 e. The van der Waals surface area contributed by atoms with Crippen LogP contribution < -0.4 is 4.74 Å². The van der Waals surface area contributed by atoms with E-state index in [1.54, 1.807) is 4.90 Å². The van der Waals surface area contributed by atoms with Gasteiger partial charge in [-0.15, -0.1) is 0 Å². The van der Waals surface area contributed by atoms with Gasteiger partial charge < -0.3 is 8.85 Å². The molecule has 370 valence electrons. The molecule has 2 heterocycles. The minimum absolute atomic E-state index is 0.117. The number of benzene rings is 4. The Morgan fingerprint density at radius 3 is 1.72 bits per heavy atom. The predicted octanol–water partition coefficient (Wildman–Crippen LogP) is 14.3. The van der Waals surface area contributed by atoms with Gasteiger partial charge in [0.2, 0.25) is 23.6 Å². The molecule has 6 atom stereocenters. The van der Waals surface area contributed by atoms with Gasteiger partial charge in [-0.05, 0) is 148 Å². The number of ether oxygens (including phenoxy) is 1. The molecule has 0 N–H and O–H groups in total. The van der Waals surface area contributed by atoms with Crippen LogP contribution in [-0.2, 0) is 28.7 Å². The molecule has 0 radical (unpaired) electrons. The number of rotatable bonds is 21. The lowest BCUT2D eigenvalue weighted by molar-refractivity contribution is -0.150. The third-order valence-corrected chi connectivity index (χ3v) is 25.0. The zero-order valence-corrected chi connectivity index (χ0v) is 45.9. The number of amides is 4. The largest absolute Gasteiger partial charge is 0.457 e. The summed E-state index contributed by atoms with van der Waals surface area (Å²) in [6.07, 6.45) is 7.24. The third-order valence-electron chi connectivity index (χ3n) is 17.5. The van der Waals surface area contributed by atoms with Crippen molar-refractivity contribution in [3.05, 3.63) is 119 Å². The maximum atomic E-state index is 15.1. The SMILES string of the molecule is CCC(C)(CC)CCC[Si](C)(C)O[Si](C)(C)CCCN1C(=O)CC(C2CC3C(=O)N(C(C)(CC)[C@](C)(CC)c4ccc(Oc5ccc(-c6ccc(C)cc6)cc5)cc4)C(=O)C3c3ccccc32)C1=O. The summed E-state index contributed by atoms with van der Waals surface area (Å²) in [6, 6.07) is 34.5. The van der Waals surface area contributed by atoms with Crippen molar-refractivity contribution in [3.63, 3.8) is 0 Å². The molecule has 69 heavy (non-hydrogen) atoms. The Balaban J connectivity index is 1.03. The highest BCUT2D eigenvalue weighted by Crippen LogP contribution is 2.56. The van der Waals surface area contributed by atoms with E-state index < -0.39 is 45.3 Å². The van der Waals surface area contributed by atoms with Crippen LogP contribution in [0.3, 0.4) is 0 Å². The molecule has 1 aliphatic carbocycles. The Morgan fingerprint density at radius 2 is 1.16 bits per heavy atom. The molecule has 5 unspecified atom stereocenters. The molecular formula is C59H80N2O6Si2. The number of carbonyl (C=O) groups excluding carboxylic acids is 4. The van der Waals surface area contributed by atoms with E-state index in [4.69, 9.17) is 8.85 Å². The normalized spacial score (nSPS) is 21.6. The minimum atomic E-state index is -2.05. The first-order valence-corrected chi connectivity index (χ1v) is 32.3. The Bertz CT molecular complexity index is 2480. The van der Waals surface area contributed by atoms with Crippen molar-refractivity contribution in [2.45, 2.75) is 174 Å². The molecule has 7 rings (SSSR count). The van der Waals surface area contributed by atoms with Gasteiger partial charge in [-0.3, -0.25) is 29.0 Å². The van der Waals surface area contributed by atoms with Gasteiger partial charge in [0, 0.05) is 18.4 Å². The first-order valence-electron chi connectivity index (χ1n) is 26.1. The lowest BCUT2D eigenvalue weighted by Crippen LogP contribution is -2.61. The van der Waals surface area contributed by atoms with Crippen LogP contribution in [0.1, 0.15) is 140 Å². The highest BCUT2D eigenvalue weighted by molar-refractivity contribution is 6.84. The van der Waals surface area contributed by atoms with Crippen LogP contribution >= 0.6 is 0 Å². The van der Waals surface area contributed by atoms with E-state index in [2.05, 4.69) is 130 Å². The second-order valence-electron chi connectivity index (χ2n) is 22.7. The second kappa shape index (κ2) is 20.6. The van der Waals surface area contributed by atoms with Gasteiger partial charge in [0.1, 0.15) is 11.5 Å². The van der Waals surface area contributed by atoms with E-state index in [0.717, 1.165) is 52.1 Å². The van der Waals surface area contributed by atoms with Gasteiger partial charge in [0.15, 0.2) is 16.6 Å². The zero-order valence-electron chi connectivity index (χ0n) is 43.9.